The van der Waals surface area contributed by atoms with Crippen molar-refractivity contribution in [1.82, 2.24) is 15.1 Å². The average Bonchev–Trinajstić information content (AvgIpc) is 3.20. The molecule has 28 heavy (non-hydrogen) atoms. The third-order valence-corrected chi connectivity index (χ3v) is 4.80. The van der Waals surface area contributed by atoms with Gasteiger partial charge in [-0.1, -0.05) is 12.1 Å². The number of hydrogen-bond acceptors (Lipinski definition) is 5. The molecule has 1 N–H and O–H groups in total. The maximum absolute atomic E-state index is 12.4. The molecule has 2 amide bonds. The molecule has 0 saturated carbocycles. The average molecular weight is 389 g/mol. The van der Waals surface area contributed by atoms with Crippen molar-refractivity contribution in [2.45, 2.75) is 46.2 Å². The summed E-state index contributed by atoms with van der Waals surface area (Å²) < 4.78 is 4.96. The summed E-state index contributed by atoms with van der Waals surface area (Å²) in [5.41, 5.74) is 1.60. The first kappa shape index (κ1) is 21.9. The number of likely N-dealkylation sites (tertiary alicyclic amines) is 1. The summed E-state index contributed by atoms with van der Waals surface area (Å²) in [6.45, 7) is 8.20. The highest BCUT2D eigenvalue weighted by molar-refractivity contribution is 5.94. The topological polar surface area (TPSA) is 79.0 Å². The molecule has 7 nitrogen and oxygen atoms in total. The van der Waals surface area contributed by atoms with Crippen molar-refractivity contribution < 1.29 is 19.1 Å². The minimum absolute atomic E-state index is 0.0473. The molecule has 0 radical (unpaired) electrons. The number of carbonyl (C=O) groups is 3. The van der Waals surface area contributed by atoms with E-state index in [2.05, 4.69) is 5.32 Å². The van der Waals surface area contributed by atoms with Crippen molar-refractivity contribution in [1.29, 1.82) is 0 Å². The Balaban J connectivity index is 1.82. The molecule has 1 aromatic rings. The molecule has 0 aliphatic carbocycles. The van der Waals surface area contributed by atoms with Gasteiger partial charge in [0, 0.05) is 31.2 Å². The number of esters is 1. The second-order valence-corrected chi connectivity index (χ2v) is 7.28. The predicted molar refractivity (Wildman–Crippen MR) is 107 cm³/mol. The van der Waals surface area contributed by atoms with E-state index in [1.807, 2.05) is 43.0 Å². The standard InChI is InChI=1S/C21H31N3O4/c1-4-28-20(26)15-24(16(2)3)14-19(25)22-13-17-7-9-18(10-8-17)21(27)23-11-5-6-12-23/h7-10,16H,4-6,11-15H2,1-3H3,(H,22,25). The van der Waals surface area contributed by atoms with Crippen LogP contribution in [0.15, 0.2) is 24.3 Å². The van der Waals surface area contributed by atoms with E-state index in [9.17, 15) is 14.4 Å². The van der Waals surface area contributed by atoms with Crippen LogP contribution in [0.3, 0.4) is 0 Å². The molecule has 1 aliphatic heterocycles. The predicted octanol–water partition coefficient (Wildman–Crippen LogP) is 1.81. The first-order valence-corrected chi connectivity index (χ1v) is 9.95. The van der Waals surface area contributed by atoms with Crippen molar-refractivity contribution in [3.05, 3.63) is 35.4 Å². The first-order valence-electron chi connectivity index (χ1n) is 9.95. The Kier molecular flexibility index (Phi) is 8.44. The summed E-state index contributed by atoms with van der Waals surface area (Å²) in [6.07, 6.45) is 2.14. The normalized spacial score (nSPS) is 13.8. The number of nitrogens with one attached hydrogen (secondary N) is 1. The molecule has 1 heterocycles. The summed E-state index contributed by atoms with van der Waals surface area (Å²) in [4.78, 5) is 39.9. The van der Waals surface area contributed by atoms with Crippen LogP contribution in [0.1, 0.15) is 49.5 Å². The molecule has 1 aliphatic rings. The summed E-state index contributed by atoms with van der Waals surface area (Å²) in [6, 6.07) is 7.39. The second-order valence-electron chi connectivity index (χ2n) is 7.28. The van der Waals surface area contributed by atoms with Crippen LogP contribution >= 0.6 is 0 Å². The fraction of sp³-hybridized carbons (Fsp3) is 0.571. The van der Waals surface area contributed by atoms with Gasteiger partial charge in [-0.15, -0.1) is 0 Å². The zero-order valence-electron chi connectivity index (χ0n) is 17.1. The molecule has 0 aromatic heterocycles. The molecule has 0 atom stereocenters. The summed E-state index contributed by atoms with van der Waals surface area (Å²) in [5, 5.41) is 2.87. The van der Waals surface area contributed by atoms with E-state index < -0.39 is 0 Å². The van der Waals surface area contributed by atoms with E-state index in [0.717, 1.165) is 31.5 Å². The molecule has 154 valence electrons. The lowest BCUT2D eigenvalue weighted by Gasteiger charge is -2.24. The Hall–Kier alpha value is -2.41. The largest absolute Gasteiger partial charge is 0.465 e. The van der Waals surface area contributed by atoms with Gasteiger partial charge in [0.05, 0.1) is 19.7 Å². The first-order chi connectivity index (χ1) is 13.4. The summed E-state index contributed by atoms with van der Waals surface area (Å²) in [5.74, 6) is -0.419. The van der Waals surface area contributed by atoms with Crippen LogP contribution < -0.4 is 5.32 Å². The van der Waals surface area contributed by atoms with Crippen LogP contribution in [0.5, 0.6) is 0 Å². The lowest BCUT2D eigenvalue weighted by Crippen LogP contribution is -2.43. The lowest BCUT2D eigenvalue weighted by molar-refractivity contribution is -0.145. The van der Waals surface area contributed by atoms with Gasteiger partial charge < -0.3 is 15.0 Å². The van der Waals surface area contributed by atoms with Crippen LogP contribution in [0.25, 0.3) is 0 Å². The smallest absolute Gasteiger partial charge is 0.320 e. The Labute approximate surface area is 167 Å². The zero-order valence-corrected chi connectivity index (χ0v) is 17.1. The van der Waals surface area contributed by atoms with Crippen LogP contribution in [0.2, 0.25) is 0 Å². The summed E-state index contributed by atoms with van der Waals surface area (Å²) in [7, 11) is 0. The summed E-state index contributed by atoms with van der Waals surface area (Å²) >= 11 is 0. The van der Waals surface area contributed by atoms with Gasteiger partial charge in [-0.25, -0.2) is 0 Å². The molecular weight excluding hydrogens is 358 g/mol. The number of nitrogens with zero attached hydrogens (tertiary/aromatic N) is 2. The minimum atomic E-state index is -0.331. The Morgan fingerprint density at radius 3 is 2.32 bits per heavy atom. The number of ether oxygens (including phenoxy) is 1. The number of benzene rings is 1. The molecule has 0 unspecified atom stereocenters. The molecule has 1 aromatic carbocycles. The van der Waals surface area contributed by atoms with E-state index in [-0.39, 0.29) is 36.9 Å². The molecule has 0 spiro atoms. The van der Waals surface area contributed by atoms with Gasteiger partial charge in [-0.2, -0.15) is 0 Å². The van der Waals surface area contributed by atoms with Crippen molar-refractivity contribution in [3.63, 3.8) is 0 Å². The van der Waals surface area contributed by atoms with Gasteiger partial charge in [0.25, 0.3) is 5.91 Å². The van der Waals surface area contributed by atoms with Crippen LogP contribution in [0, 0.1) is 0 Å². The highest BCUT2D eigenvalue weighted by Crippen LogP contribution is 2.13. The number of rotatable bonds is 9. The van der Waals surface area contributed by atoms with E-state index in [1.165, 1.54) is 0 Å². The van der Waals surface area contributed by atoms with Gasteiger partial charge in [0.2, 0.25) is 5.91 Å². The van der Waals surface area contributed by atoms with Crippen molar-refractivity contribution >= 4 is 17.8 Å². The Morgan fingerprint density at radius 2 is 1.75 bits per heavy atom. The molecule has 1 fully saturated rings. The van der Waals surface area contributed by atoms with Gasteiger partial charge in [-0.3, -0.25) is 19.3 Å². The molecule has 2 rings (SSSR count). The zero-order chi connectivity index (χ0) is 20.5. The van der Waals surface area contributed by atoms with E-state index in [0.29, 0.717) is 18.7 Å². The minimum Gasteiger partial charge on any atom is -0.465 e. The SMILES string of the molecule is CCOC(=O)CN(CC(=O)NCc1ccc(C(=O)N2CCCC2)cc1)C(C)C. The van der Waals surface area contributed by atoms with E-state index >= 15 is 0 Å². The van der Waals surface area contributed by atoms with Gasteiger partial charge in [-0.05, 0) is 51.3 Å². The van der Waals surface area contributed by atoms with E-state index in [4.69, 9.17) is 4.74 Å². The third kappa shape index (κ3) is 6.64. The molecule has 0 bridgehead atoms. The lowest BCUT2D eigenvalue weighted by atomic mass is 10.1. The van der Waals surface area contributed by atoms with Gasteiger partial charge in [0.1, 0.15) is 0 Å². The van der Waals surface area contributed by atoms with Crippen LogP contribution in [0.4, 0.5) is 0 Å². The van der Waals surface area contributed by atoms with Crippen molar-refractivity contribution in [3.8, 4) is 0 Å². The van der Waals surface area contributed by atoms with Gasteiger partial charge in [0.15, 0.2) is 0 Å². The van der Waals surface area contributed by atoms with Crippen molar-refractivity contribution in [2.24, 2.45) is 0 Å². The molecular formula is C21H31N3O4. The maximum Gasteiger partial charge on any atom is 0.320 e. The fourth-order valence-corrected chi connectivity index (χ4v) is 3.10. The number of amides is 2. The Bertz CT molecular complexity index is 667. The number of carbonyl (C=O) groups excluding carboxylic acids is 3. The maximum atomic E-state index is 12.4. The molecule has 1 saturated heterocycles. The molecule has 7 heteroatoms. The third-order valence-electron chi connectivity index (χ3n) is 4.80. The van der Waals surface area contributed by atoms with Crippen molar-refractivity contribution in [2.75, 3.05) is 32.8 Å². The quantitative estimate of drug-likeness (QED) is 0.652. The van der Waals surface area contributed by atoms with Gasteiger partial charge >= 0.3 is 5.97 Å². The van der Waals surface area contributed by atoms with E-state index in [1.54, 1.807) is 11.8 Å². The van der Waals surface area contributed by atoms with Crippen LogP contribution in [-0.2, 0) is 20.9 Å². The highest BCUT2D eigenvalue weighted by atomic mass is 16.5. The fourth-order valence-electron chi connectivity index (χ4n) is 3.10. The number of hydrogen-bond donors (Lipinski definition) is 1. The monoisotopic (exact) mass is 389 g/mol. The van der Waals surface area contributed by atoms with Crippen LogP contribution in [-0.4, -0.2) is 66.4 Å². The highest BCUT2D eigenvalue weighted by Gasteiger charge is 2.20. The Morgan fingerprint density at radius 1 is 1.11 bits per heavy atom. The second kappa shape index (κ2) is 10.8.